The van der Waals surface area contributed by atoms with Crippen molar-refractivity contribution in [2.24, 2.45) is 5.92 Å². The van der Waals surface area contributed by atoms with Crippen LogP contribution >= 0.6 is 0 Å². The molecule has 102 valence electrons. The summed E-state index contributed by atoms with van der Waals surface area (Å²) in [6.07, 6.45) is 10.7. The molecule has 0 radical (unpaired) electrons. The highest BCUT2D eigenvalue weighted by Crippen LogP contribution is 2.35. The molecule has 1 saturated heterocycles. The van der Waals surface area contributed by atoms with Crippen LogP contribution in [0, 0.1) is 5.92 Å². The molecule has 0 bridgehead atoms. The molecule has 18 heavy (non-hydrogen) atoms. The van der Waals surface area contributed by atoms with Crippen molar-refractivity contribution in [3.63, 3.8) is 0 Å². The van der Waals surface area contributed by atoms with Crippen LogP contribution in [0.1, 0.15) is 57.8 Å². The zero-order valence-electron chi connectivity index (χ0n) is 11.3. The first-order chi connectivity index (χ1) is 8.86. The second-order valence-corrected chi connectivity index (χ2v) is 6.16. The molecule has 0 N–H and O–H groups in total. The fraction of sp³-hybridized carbons (Fsp3) is 0.933. The summed E-state index contributed by atoms with van der Waals surface area (Å²) in [4.78, 5) is 15.0. The van der Waals surface area contributed by atoms with Crippen LogP contribution < -0.4 is 0 Å². The third-order valence-electron chi connectivity index (χ3n) is 4.73. The van der Waals surface area contributed by atoms with E-state index in [0.29, 0.717) is 23.9 Å². The van der Waals surface area contributed by atoms with E-state index < -0.39 is 0 Å². The maximum atomic E-state index is 12.8. The summed E-state index contributed by atoms with van der Waals surface area (Å²) in [5.74, 6) is 0.811. The molecule has 3 nitrogen and oxygen atoms in total. The van der Waals surface area contributed by atoms with Gasteiger partial charge in [0, 0.05) is 31.2 Å². The van der Waals surface area contributed by atoms with Gasteiger partial charge in [-0.1, -0.05) is 19.3 Å². The lowest BCUT2D eigenvalue weighted by Crippen LogP contribution is -2.47. The van der Waals surface area contributed by atoms with Gasteiger partial charge in [-0.15, -0.1) is 0 Å². The molecule has 1 amide bonds. The standard InChI is InChI=1S/C15H25NO2/c17-15(12-4-2-1-3-5-12)16(13-6-7-13)14-8-10-18-11-9-14/h12-14H,1-11H2. The predicted octanol–water partition coefficient (Wildman–Crippen LogP) is 2.74. The minimum atomic E-state index is 0.335. The number of hydrogen-bond acceptors (Lipinski definition) is 2. The smallest absolute Gasteiger partial charge is 0.226 e. The van der Waals surface area contributed by atoms with Crippen molar-refractivity contribution in [1.29, 1.82) is 0 Å². The Kier molecular flexibility index (Phi) is 3.88. The van der Waals surface area contributed by atoms with Crippen LogP contribution in [0.15, 0.2) is 0 Å². The lowest BCUT2D eigenvalue weighted by Gasteiger charge is -2.37. The zero-order chi connectivity index (χ0) is 12.4. The maximum Gasteiger partial charge on any atom is 0.226 e. The second-order valence-electron chi connectivity index (χ2n) is 6.16. The lowest BCUT2D eigenvalue weighted by molar-refractivity contribution is -0.141. The quantitative estimate of drug-likeness (QED) is 0.772. The van der Waals surface area contributed by atoms with Crippen LogP contribution in [-0.2, 0) is 9.53 Å². The molecular weight excluding hydrogens is 226 g/mol. The van der Waals surface area contributed by atoms with Gasteiger partial charge in [0.05, 0.1) is 0 Å². The Hall–Kier alpha value is -0.570. The fourth-order valence-corrected chi connectivity index (χ4v) is 3.53. The molecule has 2 saturated carbocycles. The summed E-state index contributed by atoms with van der Waals surface area (Å²) in [5, 5.41) is 0. The van der Waals surface area contributed by atoms with Gasteiger partial charge >= 0.3 is 0 Å². The number of carbonyl (C=O) groups is 1. The largest absolute Gasteiger partial charge is 0.381 e. The number of rotatable bonds is 3. The molecular formula is C15H25NO2. The number of amides is 1. The highest BCUT2D eigenvalue weighted by molar-refractivity contribution is 5.80. The molecule has 3 aliphatic rings. The summed E-state index contributed by atoms with van der Waals surface area (Å²) in [5.41, 5.74) is 0. The average molecular weight is 251 g/mol. The van der Waals surface area contributed by atoms with Gasteiger partial charge in [-0.05, 0) is 38.5 Å². The molecule has 3 fully saturated rings. The van der Waals surface area contributed by atoms with Crippen LogP contribution in [0.2, 0.25) is 0 Å². The molecule has 0 unspecified atom stereocenters. The molecule has 0 aromatic heterocycles. The highest BCUT2D eigenvalue weighted by atomic mass is 16.5. The van der Waals surface area contributed by atoms with Crippen molar-refractivity contribution < 1.29 is 9.53 Å². The first-order valence-corrected chi connectivity index (χ1v) is 7.76. The SMILES string of the molecule is O=C(C1CCCCC1)N(C1CCOCC1)C1CC1. The van der Waals surface area contributed by atoms with Crippen LogP contribution in [0.5, 0.6) is 0 Å². The summed E-state index contributed by atoms with van der Waals surface area (Å²) in [6, 6.07) is 1.04. The Labute approximate surface area is 110 Å². The van der Waals surface area contributed by atoms with E-state index in [9.17, 15) is 4.79 Å². The van der Waals surface area contributed by atoms with Gasteiger partial charge in [-0.2, -0.15) is 0 Å². The van der Waals surface area contributed by atoms with Gasteiger partial charge in [-0.3, -0.25) is 4.79 Å². The van der Waals surface area contributed by atoms with Gasteiger partial charge in [-0.25, -0.2) is 0 Å². The van der Waals surface area contributed by atoms with E-state index in [0.717, 1.165) is 38.9 Å². The Morgan fingerprint density at radius 1 is 0.833 bits per heavy atom. The molecule has 3 rings (SSSR count). The fourth-order valence-electron chi connectivity index (χ4n) is 3.53. The Morgan fingerprint density at radius 2 is 1.44 bits per heavy atom. The van der Waals surface area contributed by atoms with E-state index in [2.05, 4.69) is 4.90 Å². The molecule has 1 heterocycles. The van der Waals surface area contributed by atoms with Gasteiger partial charge in [0.15, 0.2) is 0 Å². The monoisotopic (exact) mass is 251 g/mol. The number of carbonyl (C=O) groups excluding carboxylic acids is 1. The van der Waals surface area contributed by atoms with E-state index in [-0.39, 0.29) is 0 Å². The third kappa shape index (κ3) is 2.71. The molecule has 0 atom stereocenters. The van der Waals surface area contributed by atoms with Crippen LogP contribution in [0.25, 0.3) is 0 Å². The Morgan fingerprint density at radius 3 is 2.06 bits per heavy atom. The summed E-state index contributed by atoms with van der Waals surface area (Å²) < 4.78 is 5.44. The van der Waals surface area contributed by atoms with Gasteiger partial charge < -0.3 is 9.64 Å². The maximum absolute atomic E-state index is 12.8. The molecule has 1 aliphatic heterocycles. The molecule has 0 spiro atoms. The normalized spacial score (nSPS) is 27.1. The van der Waals surface area contributed by atoms with Crippen molar-refractivity contribution >= 4 is 5.91 Å². The summed E-state index contributed by atoms with van der Waals surface area (Å²) in [7, 11) is 0. The van der Waals surface area contributed by atoms with E-state index >= 15 is 0 Å². The van der Waals surface area contributed by atoms with Crippen molar-refractivity contribution in [3.8, 4) is 0 Å². The summed E-state index contributed by atoms with van der Waals surface area (Å²) in [6.45, 7) is 1.68. The summed E-state index contributed by atoms with van der Waals surface area (Å²) >= 11 is 0. The number of nitrogens with zero attached hydrogens (tertiary/aromatic N) is 1. The topological polar surface area (TPSA) is 29.5 Å². The average Bonchev–Trinajstić information content (AvgIpc) is 3.26. The third-order valence-corrected chi connectivity index (χ3v) is 4.73. The number of hydrogen-bond donors (Lipinski definition) is 0. The van der Waals surface area contributed by atoms with E-state index in [4.69, 9.17) is 4.74 Å². The molecule has 3 heteroatoms. The van der Waals surface area contributed by atoms with E-state index in [1.54, 1.807) is 0 Å². The highest BCUT2D eigenvalue weighted by Gasteiger charge is 2.40. The molecule has 0 aromatic rings. The van der Waals surface area contributed by atoms with E-state index in [1.165, 1.54) is 32.1 Å². The second kappa shape index (κ2) is 5.60. The first-order valence-electron chi connectivity index (χ1n) is 7.76. The van der Waals surface area contributed by atoms with Gasteiger partial charge in [0.2, 0.25) is 5.91 Å². The van der Waals surface area contributed by atoms with Crippen molar-refractivity contribution in [3.05, 3.63) is 0 Å². The minimum absolute atomic E-state index is 0.335. The lowest BCUT2D eigenvalue weighted by atomic mass is 9.87. The van der Waals surface area contributed by atoms with Crippen LogP contribution in [-0.4, -0.2) is 36.1 Å². The predicted molar refractivity (Wildman–Crippen MR) is 70.3 cm³/mol. The zero-order valence-corrected chi connectivity index (χ0v) is 11.3. The van der Waals surface area contributed by atoms with Crippen molar-refractivity contribution in [2.75, 3.05) is 13.2 Å². The number of ether oxygens (including phenoxy) is 1. The van der Waals surface area contributed by atoms with Crippen molar-refractivity contribution in [2.45, 2.75) is 69.9 Å². The van der Waals surface area contributed by atoms with Gasteiger partial charge in [0.1, 0.15) is 0 Å². The van der Waals surface area contributed by atoms with Crippen LogP contribution in [0.4, 0.5) is 0 Å². The minimum Gasteiger partial charge on any atom is -0.381 e. The van der Waals surface area contributed by atoms with Crippen molar-refractivity contribution in [1.82, 2.24) is 4.90 Å². The molecule has 2 aliphatic carbocycles. The first kappa shape index (κ1) is 12.5. The Balaban J connectivity index is 1.66. The Bertz CT molecular complexity index is 289. The molecule has 0 aromatic carbocycles. The van der Waals surface area contributed by atoms with Crippen LogP contribution in [0.3, 0.4) is 0 Å². The van der Waals surface area contributed by atoms with E-state index in [1.807, 2.05) is 0 Å². The van der Waals surface area contributed by atoms with Gasteiger partial charge in [0.25, 0.3) is 0 Å².